The van der Waals surface area contributed by atoms with Crippen molar-refractivity contribution < 1.29 is 19.4 Å². The molecular formula is C23H38O4. The van der Waals surface area contributed by atoms with E-state index in [1.807, 2.05) is 7.11 Å². The number of methoxy groups -OCH3 is 2. The van der Waals surface area contributed by atoms with E-state index in [1.54, 1.807) is 14.0 Å². The van der Waals surface area contributed by atoms with E-state index in [-0.39, 0.29) is 23.2 Å². The predicted octanol–water partition coefficient (Wildman–Crippen LogP) is 3.99. The Bertz CT molecular complexity index is 605. The Kier molecular flexibility index (Phi) is 4.80. The molecule has 0 aliphatic heterocycles. The maximum atomic E-state index is 12.4. The molecule has 4 fully saturated rings. The van der Waals surface area contributed by atoms with Crippen molar-refractivity contribution in [3.8, 4) is 0 Å². The molecule has 27 heavy (non-hydrogen) atoms. The number of aliphatic hydroxyl groups is 1. The van der Waals surface area contributed by atoms with Gasteiger partial charge in [-0.3, -0.25) is 4.79 Å². The van der Waals surface area contributed by atoms with Crippen LogP contribution in [-0.4, -0.2) is 42.9 Å². The van der Waals surface area contributed by atoms with Gasteiger partial charge in [0.1, 0.15) is 5.78 Å². The van der Waals surface area contributed by atoms with Gasteiger partial charge in [-0.25, -0.2) is 0 Å². The fourth-order valence-electron chi connectivity index (χ4n) is 8.34. The van der Waals surface area contributed by atoms with Crippen LogP contribution in [0.15, 0.2) is 0 Å². The lowest BCUT2D eigenvalue weighted by Gasteiger charge is -2.65. The number of carbonyl (C=O) groups excluding carboxylic acids is 1. The van der Waals surface area contributed by atoms with Crippen LogP contribution in [0.4, 0.5) is 0 Å². The number of rotatable bonds is 3. The number of carbonyl (C=O) groups is 1. The van der Waals surface area contributed by atoms with Crippen molar-refractivity contribution >= 4 is 5.78 Å². The molecule has 0 aromatic carbocycles. The number of hydrogen-bond donors (Lipinski definition) is 1. The molecule has 1 N–H and O–H groups in total. The van der Waals surface area contributed by atoms with Gasteiger partial charge in [0.15, 0.2) is 0 Å². The first-order valence-electron chi connectivity index (χ1n) is 11.0. The van der Waals surface area contributed by atoms with Crippen molar-refractivity contribution in [3.63, 3.8) is 0 Å². The fourth-order valence-corrected chi connectivity index (χ4v) is 8.34. The van der Waals surface area contributed by atoms with E-state index in [4.69, 9.17) is 9.47 Å². The Morgan fingerprint density at radius 1 is 0.963 bits per heavy atom. The van der Waals surface area contributed by atoms with Gasteiger partial charge < -0.3 is 14.6 Å². The highest BCUT2D eigenvalue weighted by Crippen LogP contribution is 2.69. The van der Waals surface area contributed by atoms with E-state index >= 15 is 0 Å². The Balaban J connectivity index is 1.72. The van der Waals surface area contributed by atoms with E-state index in [0.717, 1.165) is 38.5 Å². The minimum absolute atomic E-state index is 0.0455. The van der Waals surface area contributed by atoms with Gasteiger partial charge in [0.2, 0.25) is 0 Å². The highest BCUT2D eigenvalue weighted by atomic mass is 16.5. The van der Waals surface area contributed by atoms with Gasteiger partial charge in [0, 0.05) is 25.6 Å². The van der Waals surface area contributed by atoms with Crippen molar-refractivity contribution in [3.05, 3.63) is 0 Å². The zero-order chi connectivity index (χ0) is 19.6. The lowest BCUT2D eigenvalue weighted by molar-refractivity contribution is -0.251. The molecule has 0 aromatic rings. The van der Waals surface area contributed by atoms with Crippen LogP contribution >= 0.6 is 0 Å². The maximum absolute atomic E-state index is 12.4. The smallest absolute Gasteiger partial charge is 0.133 e. The summed E-state index contributed by atoms with van der Waals surface area (Å²) in [5.41, 5.74) is -0.985. The average Bonchev–Trinajstić information content (AvgIpc) is 2.93. The first-order chi connectivity index (χ1) is 12.7. The summed E-state index contributed by atoms with van der Waals surface area (Å²) in [7, 11) is 3.62. The van der Waals surface area contributed by atoms with Crippen molar-refractivity contribution in [2.24, 2.45) is 34.5 Å². The van der Waals surface area contributed by atoms with Gasteiger partial charge in [-0.05, 0) is 81.5 Å². The lowest BCUT2D eigenvalue weighted by Crippen LogP contribution is -2.67. The van der Waals surface area contributed by atoms with Gasteiger partial charge in [0.05, 0.1) is 17.8 Å². The normalized spacial score (nSPS) is 54.7. The Hall–Kier alpha value is -0.450. The van der Waals surface area contributed by atoms with E-state index in [2.05, 4.69) is 13.8 Å². The molecule has 0 heterocycles. The molecule has 9 atom stereocenters. The third kappa shape index (κ3) is 2.48. The molecule has 4 aliphatic carbocycles. The van der Waals surface area contributed by atoms with Crippen LogP contribution in [0.2, 0.25) is 0 Å². The molecule has 4 heteroatoms. The van der Waals surface area contributed by atoms with Crippen LogP contribution in [0.5, 0.6) is 0 Å². The summed E-state index contributed by atoms with van der Waals surface area (Å²) >= 11 is 0. The lowest BCUT2D eigenvalue weighted by atomic mass is 9.42. The zero-order valence-corrected chi connectivity index (χ0v) is 17.8. The molecule has 154 valence electrons. The molecule has 0 spiro atoms. The number of ether oxygens (including phenoxy) is 2. The summed E-state index contributed by atoms with van der Waals surface area (Å²) in [6.07, 6.45) is 8.58. The van der Waals surface area contributed by atoms with Crippen molar-refractivity contribution in [2.45, 2.75) is 89.9 Å². The third-order valence-electron chi connectivity index (χ3n) is 9.97. The number of fused-ring (bicyclic) bond motifs is 5. The second-order valence-electron chi connectivity index (χ2n) is 10.5. The second-order valence-corrected chi connectivity index (χ2v) is 10.5. The molecule has 4 saturated carbocycles. The molecule has 0 saturated heterocycles. The van der Waals surface area contributed by atoms with Crippen molar-refractivity contribution in [1.29, 1.82) is 0 Å². The fraction of sp³-hybridized carbons (Fsp3) is 0.957. The minimum Gasteiger partial charge on any atom is -0.389 e. The topological polar surface area (TPSA) is 55.8 Å². The number of ketones is 1. The molecule has 0 bridgehead atoms. The second kappa shape index (κ2) is 6.53. The van der Waals surface area contributed by atoms with E-state index < -0.39 is 11.0 Å². The molecular weight excluding hydrogens is 340 g/mol. The first kappa shape index (κ1) is 19.8. The van der Waals surface area contributed by atoms with Crippen LogP contribution in [0.1, 0.15) is 72.1 Å². The average molecular weight is 379 g/mol. The zero-order valence-electron chi connectivity index (χ0n) is 17.8. The first-order valence-corrected chi connectivity index (χ1v) is 11.0. The van der Waals surface area contributed by atoms with E-state index in [1.165, 1.54) is 12.8 Å². The molecule has 4 rings (SSSR count). The van der Waals surface area contributed by atoms with Gasteiger partial charge in [-0.15, -0.1) is 0 Å². The largest absolute Gasteiger partial charge is 0.389 e. The summed E-state index contributed by atoms with van der Waals surface area (Å²) in [5.74, 6) is 1.58. The number of hydrogen-bond acceptors (Lipinski definition) is 4. The van der Waals surface area contributed by atoms with Crippen LogP contribution in [0.3, 0.4) is 0 Å². The van der Waals surface area contributed by atoms with E-state index in [0.29, 0.717) is 23.9 Å². The summed E-state index contributed by atoms with van der Waals surface area (Å²) in [4.78, 5) is 12.4. The summed E-state index contributed by atoms with van der Waals surface area (Å²) < 4.78 is 11.7. The van der Waals surface area contributed by atoms with Crippen molar-refractivity contribution in [1.82, 2.24) is 0 Å². The van der Waals surface area contributed by atoms with Crippen molar-refractivity contribution in [2.75, 3.05) is 14.2 Å². The molecule has 0 aromatic heterocycles. The summed E-state index contributed by atoms with van der Waals surface area (Å²) in [5, 5.41) is 12.1. The molecule has 4 nitrogen and oxygen atoms in total. The Morgan fingerprint density at radius 2 is 1.70 bits per heavy atom. The minimum atomic E-state index is -0.779. The van der Waals surface area contributed by atoms with Crippen LogP contribution in [-0.2, 0) is 14.3 Å². The van der Waals surface area contributed by atoms with Gasteiger partial charge in [-0.2, -0.15) is 0 Å². The SMILES string of the molecule is COC1CC[C@@]2(C)C(CCC3C2CC(OC)[C@]2(C)[C@@H](C(C)=O)CCC32O)C1. The summed E-state index contributed by atoms with van der Waals surface area (Å²) in [6.45, 7) is 6.31. The summed E-state index contributed by atoms with van der Waals surface area (Å²) in [6, 6.07) is 0. The Labute approximate surface area is 164 Å². The highest BCUT2D eigenvalue weighted by molar-refractivity contribution is 5.80. The standard InChI is InChI=1S/C23H38O4/c1-14(24)17-9-11-23(25)18-7-6-15-12-16(26-4)8-10-21(15,2)19(18)13-20(27-5)22(17,23)3/h15-20,25H,6-13H2,1-5H3/t15?,16?,17-,18?,19?,20?,21+,22+,23?/m1/s1. The molecule has 4 aliphatic rings. The van der Waals surface area contributed by atoms with Crippen LogP contribution in [0.25, 0.3) is 0 Å². The molecule has 6 unspecified atom stereocenters. The van der Waals surface area contributed by atoms with E-state index in [9.17, 15) is 9.90 Å². The predicted molar refractivity (Wildman–Crippen MR) is 104 cm³/mol. The highest BCUT2D eigenvalue weighted by Gasteiger charge is 2.71. The molecule has 0 radical (unpaired) electrons. The van der Waals surface area contributed by atoms with Gasteiger partial charge >= 0.3 is 0 Å². The molecule has 0 amide bonds. The van der Waals surface area contributed by atoms with Gasteiger partial charge in [-0.1, -0.05) is 13.8 Å². The van der Waals surface area contributed by atoms with Crippen LogP contribution in [0, 0.1) is 34.5 Å². The Morgan fingerprint density at radius 3 is 2.33 bits per heavy atom. The van der Waals surface area contributed by atoms with Gasteiger partial charge in [0.25, 0.3) is 0 Å². The third-order valence-corrected chi connectivity index (χ3v) is 9.97. The monoisotopic (exact) mass is 378 g/mol. The number of Topliss-reactive ketones (excluding diaryl/α,β-unsaturated/α-hetero) is 1. The maximum Gasteiger partial charge on any atom is 0.133 e. The van der Waals surface area contributed by atoms with Crippen LogP contribution < -0.4 is 0 Å². The quantitative estimate of drug-likeness (QED) is 0.807.